The molecule has 0 aliphatic carbocycles. The van der Waals surface area contributed by atoms with Gasteiger partial charge < -0.3 is 21.1 Å². The lowest BCUT2D eigenvalue weighted by Crippen LogP contribution is -2.23. The van der Waals surface area contributed by atoms with E-state index in [4.69, 9.17) is 4.98 Å². The average molecular weight is 459 g/mol. The number of anilines is 4. The SMILES string of the molecule is CC(C)(O)c1cccc(Nc2nc(Nc3ccc4c(c3)CCNC4)ncc2-c2cccs2)n1. The van der Waals surface area contributed by atoms with E-state index >= 15 is 0 Å². The van der Waals surface area contributed by atoms with Crippen LogP contribution in [0.4, 0.5) is 23.3 Å². The highest BCUT2D eigenvalue weighted by Gasteiger charge is 2.19. The van der Waals surface area contributed by atoms with Crippen molar-refractivity contribution in [1.82, 2.24) is 20.3 Å². The third-order valence-electron chi connectivity index (χ3n) is 5.55. The monoisotopic (exact) mass is 458 g/mol. The first-order chi connectivity index (χ1) is 16.0. The van der Waals surface area contributed by atoms with Crippen LogP contribution in [-0.2, 0) is 18.6 Å². The molecule has 0 amide bonds. The molecule has 0 saturated carbocycles. The van der Waals surface area contributed by atoms with Gasteiger partial charge in [-0.3, -0.25) is 0 Å². The van der Waals surface area contributed by atoms with Gasteiger partial charge in [0, 0.05) is 23.3 Å². The Hall–Kier alpha value is -3.33. The van der Waals surface area contributed by atoms with Crippen LogP contribution in [0.1, 0.15) is 30.7 Å². The third-order valence-corrected chi connectivity index (χ3v) is 6.45. The van der Waals surface area contributed by atoms with E-state index in [1.807, 2.05) is 41.9 Å². The zero-order valence-corrected chi connectivity index (χ0v) is 19.4. The largest absolute Gasteiger partial charge is 0.384 e. The predicted molar refractivity (Wildman–Crippen MR) is 133 cm³/mol. The van der Waals surface area contributed by atoms with Crippen molar-refractivity contribution >= 4 is 34.6 Å². The van der Waals surface area contributed by atoms with Gasteiger partial charge in [-0.1, -0.05) is 18.2 Å². The number of aromatic nitrogens is 3. The highest BCUT2D eigenvalue weighted by molar-refractivity contribution is 7.13. The Morgan fingerprint density at radius 3 is 2.76 bits per heavy atom. The smallest absolute Gasteiger partial charge is 0.229 e. The number of hydrogen-bond acceptors (Lipinski definition) is 8. The Balaban J connectivity index is 1.47. The zero-order chi connectivity index (χ0) is 22.8. The van der Waals surface area contributed by atoms with Gasteiger partial charge in [0.2, 0.25) is 5.95 Å². The van der Waals surface area contributed by atoms with Gasteiger partial charge in [0.1, 0.15) is 17.2 Å². The van der Waals surface area contributed by atoms with Gasteiger partial charge in [0.15, 0.2) is 0 Å². The standard InChI is InChI=1S/C25H26N6OS/c1-25(2,32)21-6-3-7-22(29-21)30-23-19(20-5-4-12-33-20)15-27-24(31-23)28-18-9-8-17-14-26-11-10-16(17)13-18/h3-9,12-13,15,26,32H,10-11,14H2,1-2H3,(H2,27,28,29,30,31). The van der Waals surface area contributed by atoms with E-state index in [1.54, 1.807) is 25.2 Å². The fourth-order valence-corrected chi connectivity index (χ4v) is 4.54. The summed E-state index contributed by atoms with van der Waals surface area (Å²) in [5.41, 5.74) is 4.09. The van der Waals surface area contributed by atoms with Gasteiger partial charge in [0.25, 0.3) is 0 Å². The van der Waals surface area contributed by atoms with Crippen molar-refractivity contribution in [2.45, 2.75) is 32.4 Å². The number of rotatable bonds is 6. The van der Waals surface area contributed by atoms with Crippen LogP contribution >= 0.6 is 11.3 Å². The average Bonchev–Trinajstić information content (AvgIpc) is 3.34. The molecule has 7 nitrogen and oxygen atoms in total. The lowest BCUT2D eigenvalue weighted by Gasteiger charge is -2.19. The number of fused-ring (bicyclic) bond motifs is 1. The van der Waals surface area contributed by atoms with Crippen LogP contribution in [-0.4, -0.2) is 26.6 Å². The van der Waals surface area contributed by atoms with E-state index in [-0.39, 0.29) is 0 Å². The van der Waals surface area contributed by atoms with Gasteiger partial charge in [-0.05, 0) is 73.7 Å². The Labute approximate surface area is 197 Å². The zero-order valence-electron chi connectivity index (χ0n) is 18.6. The molecule has 0 spiro atoms. The van der Waals surface area contributed by atoms with Gasteiger partial charge >= 0.3 is 0 Å². The molecule has 4 heterocycles. The molecule has 4 aromatic rings. The molecule has 5 rings (SSSR count). The number of hydrogen-bond donors (Lipinski definition) is 4. The number of pyridine rings is 1. The molecular formula is C25H26N6OS. The summed E-state index contributed by atoms with van der Waals surface area (Å²) in [6.07, 6.45) is 2.84. The number of benzene rings is 1. The number of aliphatic hydroxyl groups is 1. The molecule has 4 N–H and O–H groups in total. The van der Waals surface area contributed by atoms with E-state index in [9.17, 15) is 5.11 Å². The van der Waals surface area contributed by atoms with Crippen LogP contribution in [0.5, 0.6) is 0 Å². The first-order valence-electron chi connectivity index (χ1n) is 10.9. The minimum absolute atomic E-state index is 0.505. The van der Waals surface area contributed by atoms with Gasteiger partial charge in [-0.2, -0.15) is 4.98 Å². The number of thiophene rings is 1. The van der Waals surface area contributed by atoms with Crippen molar-refractivity contribution in [3.63, 3.8) is 0 Å². The maximum Gasteiger partial charge on any atom is 0.229 e. The highest BCUT2D eigenvalue weighted by Crippen LogP contribution is 2.33. The van der Waals surface area contributed by atoms with E-state index in [0.29, 0.717) is 23.3 Å². The van der Waals surface area contributed by atoms with Gasteiger partial charge in [-0.25, -0.2) is 9.97 Å². The number of nitrogens with zero attached hydrogens (tertiary/aromatic N) is 3. The first kappa shape index (κ1) is 21.5. The van der Waals surface area contributed by atoms with Crippen LogP contribution in [0, 0.1) is 0 Å². The Morgan fingerprint density at radius 2 is 1.94 bits per heavy atom. The number of nitrogens with one attached hydrogen (secondary N) is 3. The second-order valence-electron chi connectivity index (χ2n) is 8.56. The predicted octanol–water partition coefficient (Wildman–Crippen LogP) is 4.96. The summed E-state index contributed by atoms with van der Waals surface area (Å²) in [7, 11) is 0. The molecule has 0 saturated heterocycles. The second kappa shape index (κ2) is 8.90. The Kier molecular flexibility index (Phi) is 5.80. The van der Waals surface area contributed by atoms with Crippen molar-refractivity contribution in [2.75, 3.05) is 17.2 Å². The van der Waals surface area contributed by atoms with E-state index in [2.05, 4.69) is 44.1 Å². The molecule has 0 bridgehead atoms. The molecule has 3 aromatic heterocycles. The topological polar surface area (TPSA) is 95.0 Å². The summed E-state index contributed by atoms with van der Waals surface area (Å²) in [4.78, 5) is 15.0. The third kappa shape index (κ3) is 4.88. The van der Waals surface area contributed by atoms with E-state index in [1.165, 1.54) is 11.1 Å². The normalized spacial score (nSPS) is 13.4. The lowest BCUT2D eigenvalue weighted by atomic mass is 10.0. The second-order valence-corrected chi connectivity index (χ2v) is 9.51. The maximum atomic E-state index is 10.3. The summed E-state index contributed by atoms with van der Waals surface area (Å²) in [5.74, 6) is 1.77. The molecular weight excluding hydrogens is 432 g/mol. The first-order valence-corrected chi connectivity index (χ1v) is 11.8. The summed E-state index contributed by atoms with van der Waals surface area (Å²) in [5, 5.41) is 22.5. The van der Waals surface area contributed by atoms with Crippen molar-refractivity contribution < 1.29 is 5.11 Å². The Bertz CT molecular complexity index is 1270. The summed E-state index contributed by atoms with van der Waals surface area (Å²) < 4.78 is 0. The molecule has 0 radical (unpaired) electrons. The quantitative estimate of drug-likeness (QED) is 0.324. The molecule has 1 aliphatic rings. The molecule has 33 heavy (non-hydrogen) atoms. The minimum atomic E-state index is -1.03. The molecule has 0 fully saturated rings. The van der Waals surface area contributed by atoms with Crippen LogP contribution in [0.15, 0.2) is 60.1 Å². The van der Waals surface area contributed by atoms with Gasteiger partial charge in [-0.15, -0.1) is 11.3 Å². The van der Waals surface area contributed by atoms with Crippen LogP contribution in [0.2, 0.25) is 0 Å². The fraction of sp³-hybridized carbons (Fsp3) is 0.240. The van der Waals surface area contributed by atoms with Crippen molar-refractivity contribution in [1.29, 1.82) is 0 Å². The van der Waals surface area contributed by atoms with Crippen LogP contribution < -0.4 is 16.0 Å². The van der Waals surface area contributed by atoms with E-state index < -0.39 is 5.60 Å². The summed E-state index contributed by atoms with van der Waals surface area (Å²) >= 11 is 1.63. The lowest BCUT2D eigenvalue weighted by molar-refractivity contribution is 0.0740. The Morgan fingerprint density at radius 1 is 1.03 bits per heavy atom. The van der Waals surface area contributed by atoms with Crippen LogP contribution in [0.3, 0.4) is 0 Å². The maximum absolute atomic E-state index is 10.3. The molecule has 1 aromatic carbocycles. The van der Waals surface area contributed by atoms with Crippen molar-refractivity contribution in [3.8, 4) is 10.4 Å². The molecule has 8 heteroatoms. The van der Waals surface area contributed by atoms with Crippen molar-refractivity contribution in [2.24, 2.45) is 0 Å². The minimum Gasteiger partial charge on any atom is -0.384 e. The fourth-order valence-electron chi connectivity index (χ4n) is 3.80. The summed E-state index contributed by atoms with van der Waals surface area (Å²) in [6, 6.07) is 16.0. The molecule has 0 unspecified atom stereocenters. The highest BCUT2D eigenvalue weighted by atomic mass is 32.1. The molecule has 0 atom stereocenters. The summed E-state index contributed by atoms with van der Waals surface area (Å²) in [6.45, 7) is 5.34. The van der Waals surface area contributed by atoms with Crippen LogP contribution in [0.25, 0.3) is 10.4 Å². The van der Waals surface area contributed by atoms with Crippen molar-refractivity contribution in [3.05, 3.63) is 76.9 Å². The molecule has 1 aliphatic heterocycles. The van der Waals surface area contributed by atoms with Gasteiger partial charge in [0.05, 0.1) is 11.3 Å². The molecule has 168 valence electrons. The van der Waals surface area contributed by atoms with E-state index in [0.717, 1.165) is 35.6 Å².